The minimum atomic E-state index is -0.0631. The standard InChI is InChI=1S/C22H34N2OS/c1-5-17-11-16(9-14(3)4)12-18(6-2)21(17)24(26)22(25)23-20-13-15-7-8-19(20)10-15/h11-12,14-15,19-20,26H,5-10,13H2,1-4H3,(H,23,25). The fraction of sp³-hybridized carbons (Fsp3) is 0.682. The number of rotatable bonds is 6. The highest BCUT2D eigenvalue weighted by molar-refractivity contribution is 7.82. The summed E-state index contributed by atoms with van der Waals surface area (Å²) in [6.07, 6.45) is 7.95. The first-order valence-corrected chi connectivity index (χ1v) is 10.8. The number of thiol groups is 1. The Labute approximate surface area is 164 Å². The average molecular weight is 375 g/mol. The van der Waals surface area contributed by atoms with Crippen molar-refractivity contribution < 1.29 is 4.79 Å². The van der Waals surface area contributed by atoms with Crippen LogP contribution < -0.4 is 9.62 Å². The Hall–Kier alpha value is -1.16. The predicted octanol–water partition coefficient (Wildman–Crippen LogP) is 5.56. The van der Waals surface area contributed by atoms with Gasteiger partial charge in [0.25, 0.3) is 0 Å². The lowest BCUT2D eigenvalue weighted by Gasteiger charge is -2.28. The van der Waals surface area contributed by atoms with Crippen molar-refractivity contribution >= 4 is 24.5 Å². The number of nitrogens with zero attached hydrogens (tertiary/aromatic N) is 1. The van der Waals surface area contributed by atoms with Gasteiger partial charge < -0.3 is 5.32 Å². The van der Waals surface area contributed by atoms with Gasteiger partial charge in [0.1, 0.15) is 0 Å². The molecule has 144 valence electrons. The zero-order chi connectivity index (χ0) is 18.8. The van der Waals surface area contributed by atoms with Gasteiger partial charge in [0.05, 0.1) is 5.69 Å². The van der Waals surface area contributed by atoms with Crippen molar-refractivity contribution in [3.8, 4) is 0 Å². The van der Waals surface area contributed by atoms with Gasteiger partial charge in [0, 0.05) is 6.04 Å². The third-order valence-electron chi connectivity index (χ3n) is 6.18. The van der Waals surface area contributed by atoms with E-state index in [1.165, 1.54) is 36.0 Å². The number of benzene rings is 1. The maximum absolute atomic E-state index is 12.9. The topological polar surface area (TPSA) is 32.3 Å². The molecule has 3 atom stereocenters. The number of aryl methyl sites for hydroxylation is 2. The van der Waals surface area contributed by atoms with Crippen LogP contribution in [0.3, 0.4) is 0 Å². The van der Waals surface area contributed by atoms with E-state index in [0.717, 1.165) is 37.3 Å². The first-order valence-electron chi connectivity index (χ1n) is 10.4. The highest BCUT2D eigenvalue weighted by atomic mass is 32.1. The highest BCUT2D eigenvalue weighted by Crippen LogP contribution is 2.44. The van der Waals surface area contributed by atoms with Crippen LogP contribution in [0.4, 0.5) is 10.5 Å². The zero-order valence-corrected chi connectivity index (χ0v) is 17.6. The number of fused-ring (bicyclic) bond motifs is 2. The summed E-state index contributed by atoms with van der Waals surface area (Å²) in [5.74, 6) is 2.13. The monoisotopic (exact) mass is 374 g/mol. The summed E-state index contributed by atoms with van der Waals surface area (Å²) in [7, 11) is 0. The van der Waals surface area contributed by atoms with Gasteiger partial charge in [-0.2, -0.15) is 0 Å². The number of amides is 2. The van der Waals surface area contributed by atoms with Crippen molar-refractivity contribution in [1.82, 2.24) is 5.32 Å². The van der Waals surface area contributed by atoms with E-state index in [4.69, 9.17) is 0 Å². The normalized spacial score (nSPS) is 24.3. The number of carbonyl (C=O) groups excluding carboxylic acids is 1. The second kappa shape index (κ2) is 8.24. The number of urea groups is 1. The van der Waals surface area contributed by atoms with Crippen LogP contribution in [0, 0.1) is 17.8 Å². The van der Waals surface area contributed by atoms with Gasteiger partial charge >= 0.3 is 6.03 Å². The van der Waals surface area contributed by atoms with Crippen LogP contribution in [0.15, 0.2) is 12.1 Å². The van der Waals surface area contributed by atoms with Gasteiger partial charge in [-0.25, -0.2) is 9.10 Å². The quantitative estimate of drug-likeness (QED) is 0.628. The smallest absolute Gasteiger partial charge is 0.332 e. The Morgan fingerprint density at radius 1 is 1.19 bits per heavy atom. The molecule has 0 aromatic heterocycles. The molecule has 2 aliphatic carbocycles. The number of hydrogen-bond donors (Lipinski definition) is 2. The van der Waals surface area contributed by atoms with Crippen molar-refractivity contribution in [2.45, 2.75) is 78.7 Å². The number of carbonyl (C=O) groups is 1. The number of anilines is 1. The van der Waals surface area contributed by atoms with Gasteiger partial charge in [-0.15, -0.1) is 0 Å². The minimum absolute atomic E-state index is 0.0631. The lowest BCUT2D eigenvalue weighted by Crippen LogP contribution is -2.44. The second-order valence-electron chi connectivity index (χ2n) is 8.61. The van der Waals surface area contributed by atoms with E-state index < -0.39 is 0 Å². The summed E-state index contributed by atoms with van der Waals surface area (Å²) in [5, 5.41) is 3.27. The lowest BCUT2D eigenvalue weighted by atomic mass is 9.94. The largest absolute Gasteiger partial charge is 0.334 e. The van der Waals surface area contributed by atoms with Gasteiger partial charge in [-0.3, -0.25) is 0 Å². The van der Waals surface area contributed by atoms with Crippen LogP contribution in [0.1, 0.15) is 70.1 Å². The van der Waals surface area contributed by atoms with Crippen molar-refractivity contribution in [2.24, 2.45) is 17.8 Å². The molecule has 0 saturated heterocycles. The molecule has 1 N–H and O–H groups in total. The first kappa shape index (κ1) is 19.6. The third kappa shape index (κ3) is 4.05. The second-order valence-corrected chi connectivity index (χ2v) is 9.01. The molecule has 2 amide bonds. The minimum Gasteiger partial charge on any atom is -0.334 e. The molecule has 2 saturated carbocycles. The summed E-state index contributed by atoms with van der Waals surface area (Å²) in [6.45, 7) is 8.82. The Bertz CT molecular complexity index is 633. The molecule has 1 aromatic carbocycles. The number of nitrogens with one attached hydrogen (secondary N) is 1. The van der Waals surface area contributed by atoms with Gasteiger partial charge in [0.15, 0.2) is 0 Å². The van der Waals surface area contributed by atoms with Gasteiger partial charge in [-0.1, -0.05) is 59.1 Å². The fourth-order valence-electron chi connectivity index (χ4n) is 4.98. The molecule has 0 aliphatic heterocycles. The van der Waals surface area contributed by atoms with Crippen molar-refractivity contribution in [3.05, 3.63) is 28.8 Å². The summed E-state index contributed by atoms with van der Waals surface area (Å²) >= 11 is 4.63. The Morgan fingerprint density at radius 2 is 1.85 bits per heavy atom. The van der Waals surface area contributed by atoms with Crippen LogP contribution in [0.2, 0.25) is 0 Å². The summed E-state index contributed by atoms with van der Waals surface area (Å²) < 4.78 is 1.57. The summed E-state index contributed by atoms with van der Waals surface area (Å²) in [6, 6.07) is 4.81. The zero-order valence-electron chi connectivity index (χ0n) is 16.7. The van der Waals surface area contributed by atoms with Crippen LogP contribution >= 0.6 is 12.8 Å². The maximum atomic E-state index is 12.9. The molecule has 0 heterocycles. The van der Waals surface area contributed by atoms with E-state index in [1.807, 2.05) is 0 Å². The molecule has 0 spiro atoms. The molecule has 1 aromatic rings. The van der Waals surface area contributed by atoms with E-state index in [0.29, 0.717) is 17.9 Å². The molecular weight excluding hydrogens is 340 g/mol. The third-order valence-corrected chi connectivity index (χ3v) is 6.57. The van der Waals surface area contributed by atoms with E-state index >= 15 is 0 Å². The van der Waals surface area contributed by atoms with E-state index in [-0.39, 0.29) is 6.03 Å². The van der Waals surface area contributed by atoms with Gasteiger partial charge in [-0.05, 0) is 73.0 Å². The number of hydrogen-bond acceptors (Lipinski definition) is 2. The maximum Gasteiger partial charge on any atom is 0.332 e. The fourth-order valence-corrected chi connectivity index (χ4v) is 5.29. The average Bonchev–Trinajstić information content (AvgIpc) is 3.22. The van der Waals surface area contributed by atoms with Crippen LogP contribution in [-0.2, 0) is 19.3 Å². The summed E-state index contributed by atoms with van der Waals surface area (Å²) in [5.41, 5.74) is 4.80. The van der Waals surface area contributed by atoms with Crippen molar-refractivity contribution in [3.63, 3.8) is 0 Å². The van der Waals surface area contributed by atoms with Gasteiger partial charge in [0.2, 0.25) is 0 Å². The van der Waals surface area contributed by atoms with E-state index in [2.05, 4.69) is 58.0 Å². The molecule has 2 bridgehead atoms. The molecule has 2 fully saturated rings. The Kier molecular flexibility index (Phi) is 6.21. The molecule has 4 heteroatoms. The highest BCUT2D eigenvalue weighted by Gasteiger charge is 2.40. The Morgan fingerprint density at radius 3 is 2.31 bits per heavy atom. The van der Waals surface area contributed by atoms with E-state index in [1.54, 1.807) is 4.31 Å². The predicted molar refractivity (Wildman–Crippen MR) is 113 cm³/mol. The lowest BCUT2D eigenvalue weighted by molar-refractivity contribution is 0.240. The molecule has 2 aliphatic rings. The molecule has 26 heavy (non-hydrogen) atoms. The summed E-state index contributed by atoms with van der Waals surface area (Å²) in [4.78, 5) is 12.9. The molecule has 3 unspecified atom stereocenters. The first-order chi connectivity index (χ1) is 12.4. The molecule has 0 radical (unpaired) electrons. The van der Waals surface area contributed by atoms with Crippen molar-refractivity contribution in [2.75, 3.05) is 4.31 Å². The van der Waals surface area contributed by atoms with Crippen molar-refractivity contribution in [1.29, 1.82) is 0 Å². The van der Waals surface area contributed by atoms with E-state index in [9.17, 15) is 4.79 Å². The molecule has 3 nitrogen and oxygen atoms in total. The van der Waals surface area contributed by atoms with Crippen LogP contribution in [-0.4, -0.2) is 12.1 Å². The Balaban J connectivity index is 1.80. The SMILES string of the molecule is CCc1cc(CC(C)C)cc(CC)c1N(S)C(=O)NC1CC2CCC1C2. The molecule has 3 rings (SSSR count). The van der Waals surface area contributed by atoms with Crippen LogP contribution in [0.25, 0.3) is 0 Å². The van der Waals surface area contributed by atoms with Crippen LogP contribution in [0.5, 0.6) is 0 Å². The molecular formula is C22H34N2OS.